The summed E-state index contributed by atoms with van der Waals surface area (Å²) in [6.07, 6.45) is 7.19. The summed E-state index contributed by atoms with van der Waals surface area (Å²) in [7, 11) is 0. The van der Waals surface area contributed by atoms with Gasteiger partial charge in [0.1, 0.15) is 0 Å². The first-order chi connectivity index (χ1) is 9.47. The minimum absolute atomic E-state index is 0.0360. The maximum absolute atomic E-state index is 11.9. The van der Waals surface area contributed by atoms with Crippen LogP contribution < -0.4 is 10.6 Å². The monoisotopic (exact) mass is 284 g/mol. The molecule has 4 heteroatoms. The maximum Gasteiger partial charge on any atom is 0.236 e. The van der Waals surface area contributed by atoms with E-state index in [1.54, 1.807) is 0 Å². The Hall–Kier alpha value is -0.610. The molecule has 1 fully saturated rings. The number of nitrogens with one attached hydrogen (secondary N) is 2. The summed E-state index contributed by atoms with van der Waals surface area (Å²) in [5.74, 6) is 0.753. The highest BCUT2D eigenvalue weighted by Gasteiger charge is 2.32. The Morgan fingerprint density at radius 1 is 1.35 bits per heavy atom. The number of carbonyl (C=O) groups is 1. The zero-order chi connectivity index (χ0) is 15.0. The second kappa shape index (κ2) is 8.63. The van der Waals surface area contributed by atoms with Crippen molar-refractivity contribution in [2.24, 2.45) is 5.92 Å². The highest BCUT2D eigenvalue weighted by Crippen LogP contribution is 2.31. The average Bonchev–Trinajstić information content (AvgIpc) is 2.44. The number of amides is 1. The molecule has 1 aliphatic rings. The molecule has 20 heavy (non-hydrogen) atoms. The Bertz CT molecular complexity index is 286. The molecule has 0 spiro atoms. The standard InChI is InChI=1S/C16H32N2O2/c1-4-5-6-11-17-15(19)14(3)18-12-16(20)9-7-13(2)8-10-16/h13-14,18,20H,4-12H2,1-3H3,(H,17,19). The first-order valence-corrected chi connectivity index (χ1v) is 8.20. The van der Waals surface area contributed by atoms with Crippen LogP contribution in [0.25, 0.3) is 0 Å². The largest absolute Gasteiger partial charge is 0.389 e. The first kappa shape index (κ1) is 17.4. The summed E-state index contributed by atoms with van der Waals surface area (Å²) in [5.41, 5.74) is -0.622. The minimum Gasteiger partial charge on any atom is -0.389 e. The molecule has 0 aliphatic heterocycles. The molecule has 1 aliphatic carbocycles. The van der Waals surface area contributed by atoms with Gasteiger partial charge in [0.05, 0.1) is 11.6 Å². The molecule has 0 aromatic heterocycles. The third-order valence-corrected chi connectivity index (χ3v) is 4.42. The molecule has 118 valence electrons. The van der Waals surface area contributed by atoms with Gasteiger partial charge >= 0.3 is 0 Å². The smallest absolute Gasteiger partial charge is 0.236 e. The minimum atomic E-state index is -0.622. The van der Waals surface area contributed by atoms with Gasteiger partial charge < -0.3 is 15.7 Å². The highest BCUT2D eigenvalue weighted by molar-refractivity contribution is 5.81. The van der Waals surface area contributed by atoms with Crippen molar-refractivity contribution in [3.8, 4) is 0 Å². The molecular weight excluding hydrogens is 252 g/mol. The molecule has 1 rings (SSSR count). The fraction of sp³-hybridized carbons (Fsp3) is 0.938. The number of rotatable bonds is 8. The van der Waals surface area contributed by atoms with Crippen molar-refractivity contribution in [2.45, 2.75) is 77.4 Å². The van der Waals surface area contributed by atoms with Gasteiger partial charge in [-0.2, -0.15) is 0 Å². The van der Waals surface area contributed by atoms with E-state index in [1.165, 1.54) is 0 Å². The molecule has 1 atom stereocenters. The topological polar surface area (TPSA) is 61.4 Å². The first-order valence-electron chi connectivity index (χ1n) is 8.20. The van der Waals surface area contributed by atoms with Crippen LogP contribution in [0.4, 0.5) is 0 Å². The van der Waals surface area contributed by atoms with E-state index in [9.17, 15) is 9.90 Å². The van der Waals surface area contributed by atoms with Crippen molar-refractivity contribution in [3.63, 3.8) is 0 Å². The molecule has 1 saturated carbocycles. The van der Waals surface area contributed by atoms with Crippen molar-refractivity contribution < 1.29 is 9.90 Å². The van der Waals surface area contributed by atoms with Crippen molar-refractivity contribution in [1.29, 1.82) is 0 Å². The lowest BCUT2D eigenvalue weighted by Gasteiger charge is -2.35. The fourth-order valence-corrected chi connectivity index (χ4v) is 2.65. The summed E-state index contributed by atoms with van der Waals surface area (Å²) in [4.78, 5) is 11.9. The fourth-order valence-electron chi connectivity index (χ4n) is 2.65. The highest BCUT2D eigenvalue weighted by atomic mass is 16.3. The SMILES string of the molecule is CCCCCNC(=O)C(C)NCC1(O)CCC(C)CC1. The van der Waals surface area contributed by atoms with Gasteiger partial charge in [0.15, 0.2) is 0 Å². The Kier molecular flexibility index (Phi) is 7.52. The lowest BCUT2D eigenvalue weighted by Crippen LogP contribution is -2.50. The third kappa shape index (κ3) is 6.23. The molecule has 0 heterocycles. The molecule has 1 amide bonds. The Morgan fingerprint density at radius 2 is 2.00 bits per heavy atom. The van der Waals surface area contributed by atoms with Crippen LogP contribution in [0.2, 0.25) is 0 Å². The Morgan fingerprint density at radius 3 is 2.60 bits per heavy atom. The summed E-state index contributed by atoms with van der Waals surface area (Å²) in [6, 6.07) is -0.236. The van der Waals surface area contributed by atoms with Crippen LogP contribution in [0.1, 0.15) is 65.7 Å². The summed E-state index contributed by atoms with van der Waals surface area (Å²) >= 11 is 0. The second-order valence-corrected chi connectivity index (χ2v) is 6.51. The van der Waals surface area contributed by atoms with E-state index in [0.717, 1.165) is 57.4 Å². The number of aliphatic hydroxyl groups is 1. The van der Waals surface area contributed by atoms with Gasteiger partial charge in [0.2, 0.25) is 5.91 Å². The molecule has 0 aromatic carbocycles. The Balaban J connectivity index is 2.21. The predicted octanol–water partition coefficient (Wildman–Crippen LogP) is 2.21. The van der Waals surface area contributed by atoms with Crippen LogP contribution in [-0.2, 0) is 4.79 Å². The van der Waals surface area contributed by atoms with Gasteiger partial charge in [0, 0.05) is 13.1 Å². The van der Waals surface area contributed by atoms with Crippen LogP contribution in [0.3, 0.4) is 0 Å². The van der Waals surface area contributed by atoms with Crippen molar-refractivity contribution in [3.05, 3.63) is 0 Å². The van der Waals surface area contributed by atoms with E-state index in [0.29, 0.717) is 6.54 Å². The number of unbranched alkanes of at least 4 members (excludes halogenated alkanes) is 2. The number of hydrogen-bond donors (Lipinski definition) is 3. The van der Waals surface area contributed by atoms with E-state index in [1.807, 2.05) is 6.92 Å². The normalized spacial score (nSPS) is 28.1. The van der Waals surface area contributed by atoms with Gasteiger partial charge in [-0.05, 0) is 44.9 Å². The molecule has 0 radical (unpaired) electrons. The van der Waals surface area contributed by atoms with E-state index in [2.05, 4.69) is 24.5 Å². The van der Waals surface area contributed by atoms with Crippen LogP contribution in [0.15, 0.2) is 0 Å². The van der Waals surface area contributed by atoms with Crippen molar-refractivity contribution >= 4 is 5.91 Å². The molecular formula is C16H32N2O2. The van der Waals surface area contributed by atoms with E-state index < -0.39 is 5.60 Å². The zero-order valence-electron chi connectivity index (χ0n) is 13.4. The van der Waals surface area contributed by atoms with Crippen molar-refractivity contribution in [1.82, 2.24) is 10.6 Å². The molecule has 0 aromatic rings. The van der Waals surface area contributed by atoms with Crippen LogP contribution in [0.5, 0.6) is 0 Å². The summed E-state index contributed by atoms with van der Waals surface area (Å²) in [6.45, 7) is 7.52. The van der Waals surface area contributed by atoms with Crippen LogP contribution >= 0.6 is 0 Å². The van der Waals surface area contributed by atoms with Gasteiger partial charge in [0.25, 0.3) is 0 Å². The maximum atomic E-state index is 11.9. The molecule has 1 unspecified atom stereocenters. The zero-order valence-corrected chi connectivity index (χ0v) is 13.4. The summed E-state index contributed by atoms with van der Waals surface area (Å²) < 4.78 is 0. The molecule has 0 saturated heterocycles. The number of carbonyl (C=O) groups excluding carboxylic acids is 1. The number of hydrogen-bond acceptors (Lipinski definition) is 3. The van der Waals surface area contributed by atoms with Crippen LogP contribution in [-0.4, -0.2) is 35.7 Å². The third-order valence-electron chi connectivity index (χ3n) is 4.42. The van der Waals surface area contributed by atoms with Crippen LogP contribution in [0, 0.1) is 5.92 Å². The molecule has 0 bridgehead atoms. The second-order valence-electron chi connectivity index (χ2n) is 6.51. The molecule has 3 N–H and O–H groups in total. The van der Waals surface area contributed by atoms with Gasteiger partial charge in [-0.25, -0.2) is 0 Å². The Labute approximate surface area is 123 Å². The molecule has 4 nitrogen and oxygen atoms in total. The van der Waals surface area contributed by atoms with E-state index in [4.69, 9.17) is 0 Å². The quantitative estimate of drug-likeness (QED) is 0.599. The lowest BCUT2D eigenvalue weighted by atomic mass is 9.79. The average molecular weight is 284 g/mol. The van der Waals surface area contributed by atoms with Gasteiger partial charge in [-0.15, -0.1) is 0 Å². The van der Waals surface area contributed by atoms with Gasteiger partial charge in [-0.1, -0.05) is 26.7 Å². The van der Waals surface area contributed by atoms with Crippen molar-refractivity contribution in [2.75, 3.05) is 13.1 Å². The van der Waals surface area contributed by atoms with E-state index >= 15 is 0 Å². The lowest BCUT2D eigenvalue weighted by molar-refractivity contribution is -0.123. The van der Waals surface area contributed by atoms with Gasteiger partial charge in [-0.3, -0.25) is 4.79 Å². The summed E-state index contributed by atoms with van der Waals surface area (Å²) in [5, 5.41) is 16.6. The predicted molar refractivity (Wildman–Crippen MR) is 82.6 cm³/mol. The van der Waals surface area contributed by atoms with E-state index in [-0.39, 0.29) is 11.9 Å².